The van der Waals surface area contributed by atoms with Gasteiger partial charge in [0.1, 0.15) is 0 Å². The van der Waals surface area contributed by atoms with Gasteiger partial charge >= 0.3 is 0 Å². The van der Waals surface area contributed by atoms with E-state index in [-0.39, 0.29) is 18.8 Å². The minimum atomic E-state index is -3.34. The van der Waals surface area contributed by atoms with Crippen molar-refractivity contribution in [2.75, 3.05) is 12.4 Å². The van der Waals surface area contributed by atoms with Gasteiger partial charge in [-0.2, -0.15) is 5.26 Å². The predicted molar refractivity (Wildman–Crippen MR) is 52.9 cm³/mol. The highest BCUT2D eigenvalue weighted by Crippen LogP contribution is 1.97. The monoisotopic (exact) mass is 220 g/mol. The molecule has 0 spiro atoms. The van der Waals surface area contributed by atoms with Crippen molar-refractivity contribution in [2.45, 2.75) is 32.2 Å². The van der Waals surface area contributed by atoms with Crippen LogP contribution in [-0.4, -0.2) is 31.9 Å². The summed E-state index contributed by atoms with van der Waals surface area (Å²) < 4.78 is 25.0. The van der Waals surface area contributed by atoms with Crippen LogP contribution in [0.15, 0.2) is 0 Å². The average Bonchev–Trinajstić information content (AvgIpc) is 2.14. The SMILES string of the molecule is CCC(CO)NS(=O)(=O)CCCC#N. The summed E-state index contributed by atoms with van der Waals surface area (Å²) in [6.07, 6.45) is 1.11. The lowest BCUT2D eigenvalue weighted by atomic mass is 10.3. The lowest BCUT2D eigenvalue weighted by Gasteiger charge is -2.13. The van der Waals surface area contributed by atoms with Crippen LogP contribution in [0.3, 0.4) is 0 Å². The van der Waals surface area contributed by atoms with E-state index in [1.807, 2.05) is 6.07 Å². The molecule has 0 radical (unpaired) electrons. The Hall–Kier alpha value is -0.640. The molecule has 0 saturated carbocycles. The third kappa shape index (κ3) is 5.91. The van der Waals surface area contributed by atoms with Crippen molar-refractivity contribution in [3.8, 4) is 6.07 Å². The van der Waals surface area contributed by atoms with Gasteiger partial charge in [0.25, 0.3) is 0 Å². The first-order valence-electron chi connectivity index (χ1n) is 4.53. The second kappa shape index (κ2) is 6.76. The lowest BCUT2D eigenvalue weighted by Crippen LogP contribution is -2.38. The van der Waals surface area contributed by atoms with Gasteiger partial charge in [0, 0.05) is 12.5 Å². The maximum absolute atomic E-state index is 11.3. The fourth-order valence-corrected chi connectivity index (χ4v) is 2.30. The average molecular weight is 220 g/mol. The molecule has 14 heavy (non-hydrogen) atoms. The van der Waals surface area contributed by atoms with Gasteiger partial charge in [0.2, 0.25) is 10.0 Å². The fourth-order valence-electron chi connectivity index (χ4n) is 0.904. The predicted octanol–water partition coefficient (Wildman–Crippen LogP) is -0.0195. The summed E-state index contributed by atoms with van der Waals surface area (Å²) >= 11 is 0. The molecule has 2 N–H and O–H groups in total. The van der Waals surface area contributed by atoms with E-state index in [0.29, 0.717) is 12.8 Å². The second-order valence-corrected chi connectivity index (χ2v) is 4.86. The fraction of sp³-hybridized carbons (Fsp3) is 0.875. The smallest absolute Gasteiger partial charge is 0.211 e. The van der Waals surface area contributed by atoms with E-state index >= 15 is 0 Å². The molecule has 1 atom stereocenters. The van der Waals surface area contributed by atoms with E-state index in [0.717, 1.165) is 0 Å². The van der Waals surface area contributed by atoms with Crippen LogP contribution >= 0.6 is 0 Å². The van der Waals surface area contributed by atoms with E-state index < -0.39 is 16.1 Å². The van der Waals surface area contributed by atoms with Gasteiger partial charge in [-0.3, -0.25) is 0 Å². The molecular formula is C8H16N2O3S. The molecule has 0 aromatic rings. The molecule has 0 bridgehead atoms. The molecule has 6 heteroatoms. The third-order valence-corrected chi connectivity index (χ3v) is 3.28. The summed E-state index contributed by atoms with van der Waals surface area (Å²) in [4.78, 5) is 0. The molecule has 0 aliphatic rings. The summed E-state index contributed by atoms with van der Waals surface area (Å²) in [5.74, 6) is -0.0585. The Morgan fingerprint density at radius 1 is 1.57 bits per heavy atom. The van der Waals surface area contributed by atoms with Gasteiger partial charge in [0.05, 0.1) is 18.4 Å². The lowest BCUT2D eigenvalue weighted by molar-refractivity contribution is 0.254. The zero-order chi connectivity index (χ0) is 11.0. The van der Waals surface area contributed by atoms with Crippen LogP contribution < -0.4 is 4.72 Å². The van der Waals surface area contributed by atoms with Crippen molar-refractivity contribution in [3.63, 3.8) is 0 Å². The van der Waals surface area contributed by atoms with Gasteiger partial charge in [-0.15, -0.1) is 0 Å². The van der Waals surface area contributed by atoms with Crippen LogP contribution in [0, 0.1) is 11.3 Å². The third-order valence-electron chi connectivity index (χ3n) is 1.76. The van der Waals surface area contributed by atoms with Crippen molar-refractivity contribution in [1.29, 1.82) is 5.26 Å². The maximum atomic E-state index is 11.3. The topological polar surface area (TPSA) is 90.2 Å². The first-order chi connectivity index (χ1) is 6.55. The van der Waals surface area contributed by atoms with Crippen molar-refractivity contribution in [2.24, 2.45) is 0 Å². The summed E-state index contributed by atoms with van der Waals surface area (Å²) in [6.45, 7) is 1.59. The quantitative estimate of drug-likeness (QED) is 0.590. The van der Waals surface area contributed by atoms with Crippen LogP contribution in [0.1, 0.15) is 26.2 Å². The molecule has 1 unspecified atom stereocenters. The number of hydrogen-bond donors (Lipinski definition) is 2. The second-order valence-electron chi connectivity index (χ2n) is 2.99. The molecule has 0 fully saturated rings. The zero-order valence-corrected chi connectivity index (χ0v) is 9.05. The Morgan fingerprint density at radius 2 is 2.21 bits per heavy atom. The standard InChI is InChI=1S/C8H16N2O3S/c1-2-8(7-11)10-14(12,13)6-4-3-5-9/h8,10-11H,2-4,6-7H2,1H3. The highest BCUT2D eigenvalue weighted by molar-refractivity contribution is 7.89. The minimum Gasteiger partial charge on any atom is -0.395 e. The van der Waals surface area contributed by atoms with Crippen molar-refractivity contribution in [1.82, 2.24) is 4.72 Å². The van der Waals surface area contributed by atoms with Crippen molar-refractivity contribution < 1.29 is 13.5 Å². The van der Waals surface area contributed by atoms with Gasteiger partial charge in [0.15, 0.2) is 0 Å². The summed E-state index contributed by atoms with van der Waals surface area (Å²) in [7, 11) is -3.34. The molecule has 0 aromatic carbocycles. The number of nitrogens with zero attached hydrogens (tertiary/aromatic N) is 1. The largest absolute Gasteiger partial charge is 0.395 e. The number of aliphatic hydroxyl groups excluding tert-OH is 1. The number of hydrogen-bond acceptors (Lipinski definition) is 4. The van der Waals surface area contributed by atoms with E-state index in [1.165, 1.54) is 0 Å². The maximum Gasteiger partial charge on any atom is 0.211 e. The molecular weight excluding hydrogens is 204 g/mol. The van der Waals surface area contributed by atoms with E-state index in [2.05, 4.69) is 4.72 Å². The van der Waals surface area contributed by atoms with Gasteiger partial charge in [-0.25, -0.2) is 13.1 Å². The van der Waals surface area contributed by atoms with Gasteiger partial charge < -0.3 is 5.11 Å². The van der Waals surface area contributed by atoms with Crippen LogP contribution in [0.25, 0.3) is 0 Å². The van der Waals surface area contributed by atoms with Crippen LogP contribution in [0.5, 0.6) is 0 Å². The van der Waals surface area contributed by atoms with E-state index in [1.54, 1.807) is 6.92 Å². The molecule has 0 rings (SSSR count). The highest BCUT2D eigenvalue weighted by atomic mass is 32.2. The normalized spacial score (nSPS) is 13.5. The van der Waals surface area contributed by atoms with Crippen molar-refractivity contribution in [3.05, 3.63) is 0 Å². The van der Waals surface area contributed by atoms with Gasteiger partial charge in [-0.05, 0) is 12.8 Å². The minimum absolute atomic E-state index is 0.0585. The number of nitrogens with one attached hydrogen (secondary N) is 1. The van der Waals surface area contributed by atoms with Crippen molar-refractivity contribution >= 4 is 10.0 Å². The Balaban J connectivity index is 4.01. The molecule has 5 nitrogen and oxygen atoms in total. The molecule has 0 aromatic heterocycles. The molecule has 0 saturated heterocycles. The molecule has 0 amide bonds. The number of nitriles is 1. The van der Waals surface area contributed by atoms with Crippen LogP contribution in [-0.2, 0) is 10.0 Å². The first kappa shape index (κ1) is 13.4. The summed E-state index contributed by atoms with van der Waals surface area (Å²) in [6, 6.07) is 1.47. The van der Waals surface area contributed by atoms with Crippen LogP contribution in [0.4, 0.5) is 0 Å². The number of rotatable bonds is 7. The Kier molecular flexibility index (Phi) is 6.45. The Bertz CT molecular complexity index is 277. The molecule has 0 heterocycles. The molecule has 82 valence electrons. The van der Waals surface area contributed by atoms with E-state index in [4.69, 9.17) is 10.4 Å². The number of sulfonamides is 1. The molecule has 0 aliphatic heterocycles. The first-order valence-corrected chi connectivity index (χ1v) is 6.18. The zero-order valence-electron chi connectivity index (χ0n) is 8.23. The molecule has 0 aliphatic carbocycles. The summed E-state index contributed by atoms with van der Waals surface area (Å²) in [5.41, 5.74) is 0. The van der Waals surface area contributed by atoms with Crippen LogP contribution in [0.2, 0.25) is 0 Å². The van der Waals surface area contributed by atoms with E-state index in [9.17, 15) is 8.42 Å². The Labute approximate surface area is 84.8 Å². The number of unbranched alkanes of at least 4 members (excludes halogenated alkanes) is 1. The summed E-state index contributed by atoms with van der Waals surface area (Å²) in [5, 5.41) is 17.0. The Morgan fingerprint density at radius 3 is 2.64 bits per heavy atom. The number of aliphatic hydroxyl groups is 1. The highest BCUT2D eigenvalue weighted by Gasteiger charge is 2.14. The van der Waals surface area contributed by atoms with Gasteiger partial charge in [-0.1, -0.05) is 6.92 Å².